The number of hydrogen-bond acceptors (Lipinski definition) is 7. The Labute approximate surface area is 165 Å². The van der Waals surface area contributed by atoms with Gasteiger partial charge in [-0.05, 0) is 36.4 Å². The lowest BCUT2D eigenvalue weighted by Crippen LogP contribution is -2.14. The molecule has 0 unspecified atom stereocenters. The van der Waals surface area contributed by atoms with E-state index in [4.69, 9.17) is 14.4 Å². The normalized spacial score (nSPS) is 10.3. The van der Waals surface area contributed by atoms with Gasteiger partial charge in [-0.2, -0.15) is 10.4 Å². The Hall–Kier alpha value is -4.45. The van der Waals surface area contributed by atoms with E-state index in [0.29, 0.717) is 28.6 Å². The molecule has 0 saturated heterocycles. The van der Waals surface area contributed by atoms with Crippen LogP contribution in [-0.4, -0.2) is 25.7 Å². The molecule has 0 bridgehead atoms. The average molecular weight is 386 g/mol. The highest BCUT2D eigenvalue weighted by Gasteiger charge is 2.15. The topological polar surface area (TPSA) is 119 Å². The Bertz CT molecular complexity index is 1180. The Morgan fingerprint density at radius 1 is 1.21 bits per heavy atom. The van der Waals surface area contributed by atoms with Crippen LogP contribution in [0.1, 0.15) is 21.9 Å². The summed E-state index contributed by atoms with van der Waals surface area (Å²) in [4.78, 5) is 20.7. The van der Waals surface area contributed by atoms with Gasteiger partial charge in [0.2, 0.25) is 0 Å². The van der Waals surface area contributed by atoms with Gasteiger partial charge in [0.1, 0.15) is 36.8 Å². The molecule has 142 valence electrons. The van der Waals surface area contributed by atoms with Crippen LogP contribution in [0.2, 0.25) is 0 Å². The van der Waals surface area contributed by atoms with Gasteiger partial charge in [0.25, 0.3) is 5.91 Å². The van der Waals surface area contributed by atoms with Crippen molar-refractivity contribution in [3.63, 3.8) is 0 Å². The zero-order valence-electron chi connectivity index (χ0n) is 15.0. The fourth-order valence-corrected chi connectivity index (χ4v) is 2.59. The van der Waals surface area contributed by atoms with Gasteiger partial charge >= 0.3 is 0 Å². The molecule has 0 aliphatic carbocycles. The summed E-state index contributed by atoms with van der Waals surface area (Å²) in [7, 11) is 0. The first-order valence-corrected chi connectivity index (χ1v) is 8.56. The lowest BCUT2D eigenvalue weighted by atomic mass is 10.2. The van der Waals surface area contributed by atoms with E-state index in [1.165, 1.54) is 17.3 Å². The van der Waals surface area contributed by atoms with E-state index in [9.17, 15) is 4.79 Å². The monoisotopic (exact) mass is 386 g/mol. The second-order valence-corrected chi connectivity index (χ2v) is 5.83. The van der Waals surface area contributed by atoms with Crippen molar-refractivity contribution < 1.29 is 13.9 Å². The van der Waals surface area contributed by atoms with E-state index in [1.54, 1.807) is 54.7 Å². The van der Waals surface area contributed by atoms with E-state index < -0.39 is 5.91 Å². The van der Waals surface area contributed by atoms with Gasteiger partial charge < -0.3 is 14.5 Å². The van der Waals surface area contributed by atoms with E-state index in [1.807, 2.05) is 0 Å². The van der Waals surface area contributed by atoms with Crippen LogP contribution in [0.15, 0.2) is 71.8 Å². The van der Waals surface area contributed by atoms with E-state index >= 15 is 0 Å². The highest BCUT2D eigenvalue weighted by Crippen LogP contribution is 2.20. The number of amides is 1. The van der Waals surface area contributed by atoms with Gasteiger partial charge in [0, 0.05) is 6.20 Å². The van der Waals surface area contributed by atoms with Crippen LogP contribution >= 0.6 is 0 Å². The third-order valence-electron chi connectivity index (χ3n) is 3.93. The number of furan rings is 1. The molecule has 0 atom stereocenters. The average Bonchev–Trinajstić information content (AvgIpc) is 3.45. The van der Waals surface area contributed by atoms with Gasteiger partial charge in [-0.15, -0.1) is 0 Å². The SMILES string of the molecule is N#Cc1ccccc1OCc1ccc(C(=O)Nc2cccnc2-n2cncn2)o1. The van der Waals surface area contributed by atoms with E-state index in [0.717, 1.165) is 0 Å². The second-order valence-electron chi connectivity index (χ2n) is 5.83. The van der Waals surface area contributed by atoms with Crippen LogP contribution in [0.3, 0.4) is 0 Å². The van der Waals surface area contributed by atoms with Crippen molar-refractivity contribution in [2.45, 2.75) is 6.61 Å². The summed E-state index contributed by atoms with van der Waals surface area (Å²) in [5.74, 6) is 1.01. The molecule has 0 aliphatic rings. The van der Waals surface area contributed by atoms with Crippen LogP contribution in [0.5, 0.6) is 5.75 Å². The van der Waals surface area contributed by atoms with Crippen molar-refractivity contribution in [1.29, 1.82) is 5.26 Å². The molecule has 0 aliphatic heterocycles. The van der Waals surface area contributed by atoms with Crippen molar-refractivity contribution >= 4 is 11.6 Å². The Kier molecular flexibility index (Phi) is 4.98. The number of nitrogens with one attached hydrogen (secondary N) is 1. The number of anilines is 1. The Morgan fingerprint density at radius 3 is 2.93 bits per heavy atom. The molecule has 3 aromatic heterocycles. The molecule has 0 fully saturated rings. The molecule has 0 spiro atoms. The maximum atomic E-state index is 12.6. The van der Waals surface area contributed by atoms with Crippen LogP contribution in [0, 0.1) is 11.3 Å². The lowest BCUT2D eigenvalue weighted by Gasteiger charge is -2.08. The third kappa shape index (κ3) is 3.96. The minimum atomic E-state index is -0.442. The molecule has 1 N–H and O–H groups in total. The number of para-hydroxylation sites is 1. The van der Waals surface area contributed by atoms with Crippen molar-refractivity contribution in [3.05, 3.63) is 84.5 Å². The maximum absolute atomic E-state index is 12.6. The van der Waals surface area contributed by atoms with Crippen molar-refractivity contribution in [2.75, 3.05) is 5.32 Å². The predicted molar refractivity (Wildman–Crippen MR) is 101 cm³/mol. The third-order valence-corrected chi connectivity index (χ3v) is 3.93. The molecule has 0 radical (unpaired) electrons. The minimum absolute atomic E-state index is 0.0864. The smallest absolute Gasteiger partial charge is 0.291 e. The number of carbonyl (C=O) groups excluding carboxylic acids is 1. The molecule has 4 aromatic rings. The molecule has 0 saturated carbocycles. The summed E-state index contributed by atoms with van der Waals surface area (Å²) in [5, 5.41) is 15.9. The zero-order valence-corrected chi connectivity index (χ0v) is 15.0. The summed E-state index contributed by atoms with van der Waals surface area (Å²) in [6, 6.07) is 15.6. The summed E-state index contributed by atoms with van der Waals surface area (Å²) in [5.41, 5.74) is 0.884. The fraction of sp³-hybridized carbons (Fsp3) is 0.0500. The van der Waals surface area contributed by atoms with E-state index in [2.05, 4.69) is 26.5 Å². The summed E-state index contributed by atoms with van der Waals surface area (Å²) in [6.07, 6.45) is 4.46. The van der Waals surface area contributed by atoms with Gasteiger partial charge in [0.15, 0.2) is 11.6 Å². The fourth-order valence-electron chi connectivity index (χ4n) is 2.59. The second kappa shape index (κ2) is 8.06. The first-order chi connectivity index (χ1) is 14.2. The zero-order chi connectivity index (χ0) is 20.1. The standard InChI is InChI=1S/C20H14N6O3/c21-10-14-4-1-2-6-17(14)28-11-15-7-8-18(29-15)20(27)25-16-5-3-9-23-19(16)26-13-22-12-24-26/h1-9,12-13H,11H2,(H,25,27). The Morgan fingerprint density at radius 2 is 2.10 bits per heavy atom. The number of nitrogens with zero attached hydrogens (tertiary/aromatic N) is 5. The maximum Gasteiger partial charge on any atom is 0.291 e. The summed E-state index contributed by atoms with van der Waals surface area (Å²) in [6.45, 7) is 0.0864. The highest BCUT2D eigenvalue weighted by molar-refractivity contribution is 6.03. The molecule has 4 rings (SSSR count). The highest BCUT2D eigenvalue weighted by atomic mass is 16.5. The largest absolute Gasteiger partial charge is 0.484 e. The molecule has 9 nitrogen and oxygen atoms in total. The molecule has 29 heavy (non-hydrogen) atoms. The first kappa shape index (κ1) is 17.9. The first-order valence-electron chi connectivity index (χ1n) is 8.56. The van der Waals surface area contributed by atoms with Crippen molar-refractivity contribution in [3.8, 4) is 17.6 Å². The number of carbonyl (C=O) groups is 1. The number of benzene rings is 1. The number of rotatable bonds is 6. The summed E-state index contributed by atoms with van der Waals surface area (Å²) < 4.78 is 12.6. The lowest BCUT2D eigenvalue weighted by molar-refractivity contribution is 0.0992. The minimum Gasteiger partial charge on any atom is -0.484 e. The van der Waals surface area contributed by atoms with Crippen LogP contribution in [-0.2, 0) is 6.61 Å². The van der Waals surface area contributed by atoms with Crippen LogP contribution in [0.25, 0.3) is 5.82 Å². The van der Waals surface area contributed by atoms with Crippen LogP contribution in [0.4, 0.5) is 5.69 Å². The number of nitriles is 1. The molecule has 9 heteroatoms. The molecular formula is C20H14N6O3. The van der Waals surface area contributed by atoms with Crippen molar-refractivity contribution in [2.24, 2.45) is 0 Å². The molecule has 1 amide bonds. The summed E-state index contributed by atoms with van der Waals surface area (Å²) >= 11 is 0. The van der Waals surface area contributed by atoms with Gasteiger partial charge in [-0.25, -0.2) is 14.6 Å². The number of ether oxygens (including phenoxy) is 1. The van der Waals surface area contributed by atoms with Crippen molar-refractivity contribution in [1.82, 2.24) is 19.7 Å². The van der Waals surface area contributed by atoms with E-state index in [-0.39, 0.29) is 12.4 Å². The van der Waals surface area contributed by atoms with Crippen LogP contribution < -0.4 is 10.1 Å². The number of aromatic nitrogens is 4. The quantitative estimate of drug-likeness (QED) is 0.541. The molecular weight excluding hydrogens is 372 g/mol. The number of pyridine rings is 1. The molecule has 1 aromatic carbocycles. The molecule has 3 heterocycles. The number of hydrogen-bond donors (Lipinski definition) is 1. The Balaban J connectivity index is 1.45. The predicted octanol–water partition coefficient (Wildman–Crippen LogP) is 2.96. The van der Waals surface area contributed by atoms with Gasteiger partial charge in [-0.3, -0.25) is 4.79 Å². The van der Waals surface area contributed by atoms with Gasteiger partial charge in [0.05, 0.1) is 11.3 Å². The van der Waals surface area contributed by atoms with Gasteiger partial charge in [-0.1, -0.05) is 12.1 Å².